The van der Waals surface area contributed by atoms with Gasteiger partial charge in [-0.25, -0.2) is 0 Å². The van der Waals surface area contributed by atoms with Gasteiger partial charge in [-0.2, -0.15) is 0 Å². The molecule has 4 atom stereocenters. The third kappa shape index (κ3) is 1.75. The Morgan fingerprint density at radius 3 is 2.50 bits per heavy atom. The van der Waals surface area contributed by atoms with E-state index in [0.717, 1.165) is 5.56 Å². The number of hydrogen-bond donors (Lipinski definition) is 0. The van der Waals surface area contributed by atoms with Gasteiger partial charge in [-0.05, 0) is 23.8 Å². The highest BCUT2D eigenvalue weighted by Crippen LogP contribution is 2.66. The van der Waals surface area contributed by atoms with Crippen molar-refractivity contribution in [3.8, 4) is 0 Å². The lowest BCUT2D eigenvalue weighted by atomic mass is 9.69. The molecule has 2 nitrogen and oxygen atoms in total. The lowest BCUT2D eigenvalue weighted by molar-refractivity contribution is -0.139. The summed E-state index contributed by atoms with van der Waals surface area (Å²) in [4.78, 5) is 12.7. The van der Waals surface area contributed by atoms with E-state index in [0.29, 0.717) is 24.7 Å². The van der Waals surface area contributed by atoms with Gasteiger partial charge >= 0.3 is 0 Å². The lowest BCUT2D eigenvalue weighted by Gasteiger charge is -2.37. The quantitative estimate of drug-likeness (QED) is 0.780. The van der Waals surface area contributed by atoms with Gasteiger partial charge in [0.1, 0.15) is 5.78 Å². The Hall–Kier alpha value is -0.670. The molecule has 1 aromatic carbocycles. The van der Waals surface area contributed by atoms with Gasteiger partial charge in [-0.1, -0.05) is 60.1 Å². The van der Waals surface area contributed by atoms with Crippen LogP contribution in [0.4, 0.5) is 0 Å². The number of alkyl halides is 1. The van der Waals surface area contributed by atoms with Crippen molar-refractivity contribution in [1.29, 1.82) is 0 Å². The highest BCUT2D eigenvalue weighted by Gasteiger charge is 2.70. The summed E-state index contributed by atoms with van der Waals surface area (Å²) in [6, 6.07) is 10.2. The fraction of sp³-hybridized carbons (Fsp3) is 0.588. The van der Waals surface area contributed by atoms with E-state index in [9.17, 15) is 4.79 Å². The summed E-state index contributed by atoms with van der Waals surface area (Å²) in [5.41, 5.74) is 0.782. The Bertz CT molecular complexity index is 525. The van der Waals surface area contributed by atoms with Crippen molar-refractivity contribution in [3.05, 3.63) is 35.9 Å². The van der Waals surface area contributed by atoms with Crippen LogP contribution in [0, 0.1) is 16.7 Å². The van der Waals surface area contributed by atoms with E-state index in [1.165, 1.54) is 0 Å². The van der Waals surface area contributed by atoms with Crippen molar-refractivity contribution in [2.45, 2.75) is 44.7 Å². The van der Waals surface area contributed by atoms with E-state index in [-0.39, 0.29) is 21.8 Å². The van der Waals surface area contributed by atoms with Gasteiger partial charge in [0.05, 0.1) is 18.1 Å². The van der Waals surface area contributed by atoms with Gasteiger partial charge in [0.15, 0.2) is 0 Å². The normalized spacial score (nSPS) is 38.4. The van der Waals surface area contributed by atoms with Gasteiger partial charge in [0, 0.05) is 11.2 Å². The van der Waals surface area contributed by atoms with Crippen LogP contribution in [0.3, 0.4) is 0 Å². The smallest absolute Gasteiger partial charge is 0.142 e. The molecule has 2 aliphatic rings. The molecule has 0 aromatic heterocycles. The SMILES string of the molecule is CC1(C)C2CC(=O)C1(C)C(OCc1ccccc1)C2Br. The predicted molar refractivity (Wildman–Crippen MR) is 82.7 cm³/mol. The maximum Gasteiger partial charge on any atom is 0.142 e. The third-order valence-corrected chi connectivity index (χ3v) is 6.88. The molecule has 2 saturated carbocycles. The first kappa shape index (κ1) is 14.3. The number of halogens is 1. The van der Waals surface area contributed by atoms with Crippen LogP contribution in [0.2, 0.25) is 0 Å². The Morgan fingerprint density at radius 2 is 1.90 bits per heavy atom. The van der Waals surface area contributed by atoms with E-state index in [4.69, 9.17) is 4.74 Å². The summed E-state index contributed by atoms with van der Waals surface area (Å²) in [6.07, 6.45) is 0.647. The molecule has 2 fully saturated rings. The fourth-order valence-electron chi connectivity index (χ4n) is 4.00. The Morgan fingerprint density at radius 1 is 1.25 bits per heavy atom. The van der Waals surface area contributed by atoms with E-state index in [1.54, 1.807) is 0 Å². The molecule has 108 valence electrons. The summed E-state index contributed by atoms with van der Waals surface area (Å²) in [5.74, 6) is 0.738. The van der Waals surface area contributed by atoms with Crippen molar-refractivity contribution in [2.75, 3.05) is 0 Å². The van der Waals surface area contributed by atoms with Crippen LogP contribution >= 0.6 is 15.9 Å². The average molecular weight is 337 g/mol. The van der Waals surface area contributed by atoms with E-state index >= 15 is 0 Å². The Kier molecular flexibility index (Phi) is 3.33. The number of hydrogen-bond acceptors (Lipinski definition) is 2. The molecule has 3 heteroatoms. The largest absolute Gasteiger partial charge is 0.371 e. The van der Waals surface area contributed by atoms with Crippen molar-refractivity contribution in [3.63, 3.8) is 0 Å². The zero-order valence-corrected chi connectivity index (χ0v) is 13.8. The number of carbonyl (C=O) groups excluding carboxylic acids is 1. The second kappa shape index (κ2) is 4.67. The number of Topliss-reactive ketones (excluding diaryl/α,β-unsaturated/α-hetero) is 1. The molecule has 20 heavy (non-hydrogen) atoms. The van der Waals surface area contributed by atoms with Crippen LogP contribution in [0.1, 0.15) is 32.8 Å². The first-order valence-corrected chi connectivity index (χ1v) is 8.13. The summed E-state index contributed by atoms with van der Waals surface area (Å²) in [6.45, 7) is 7.08. The van der Waals surface area contributed by atoms with Gasteiger partial charge in [-0.15, -0.1) is 0 Å². The van der Waals surface area contributed by atoms with Crippen LogP contribution < -0.4 is 0 Å². The Labute approximate surface area is 129 Å². The van der Waals surface area contributed by atoms with Gasteiger partial charge in [0.25, 0.3) is 0 Å². The third-order valence-electron chi connectivity index (χ3n) is 5.77. The molecule has 0 radical (unpaired) electrons. The molecule has 0 saturated heterocycles. The molecule has 3 rings (SSSR count). The second-order valence-electron chi connectivity index (χ2n) is 6.82. The number of ketones is 1. The maximum atomic E-state index is 12.4. The minimum absolute atomic E-state index is 0.000392. The molecule has 0 amide bonds. The number of ether oxygens (including phenoxy) is 1. The number of carbonyl (C=O) groups is 1. The fourth-order valence-corrected chi connectivity index (χ4v) is 5.52. The molecule has 0 spiro atoms. The number of benzene rings is 1. The van der Waals surface area contributed by atoms with Gasteiger partial charge in [0.2, 0.25) is 0 Å². The summed E-state index contributed by atoms with van der Waals surface area (Å²) >= 11 is 3.80. The summed E-state index contributed by atoms with van der Waals surface area (Å²) < 4.78 is 6.18. The van der Waals surface area contributed by atoms with Crippen LogP contribution in [0.25, 0.3) is 0 Å². The van der Waals surface area contributed by atoms with Crippen LogP contribution in [-0.2, 0) is 16.1 Å². The van der Waals surface area contributed by atoms with E-state index in [2.05, 4.69) is 48.8 Å². The van der Waals surface area contributed by atoms with Crippen molar-refractivity contribution in [2.24, 2.45) is 16.7 Å². The monoisotopic (exact) mass is 336 g/mol. The Balaban J connectivity index is 1.82. The van der Waals surface area contributed by atoms with Crippen LogP contribution in [0.5, 0.6) is 0 Å². The van der Waals surface area contributed by atoms with E-state index in [1.807, 2.05) is 18.2 Å². The molecule has 0 aliphatic heterocycles. The second-order valence-corrected chi connectivity index (χ2v) is 7.88. The van der Waals surface area contributed by atoms with Crippen molar-refractivity contribution < 1.29 is 9.53 Å². The zero-order chi connectivity index (χ0) is 14.5. The molecule has 0 N–H and O–H groups in total. The van der Waals surface area contributed by atoms with E-state index < -0.39 is 0 Å². The molecule has 1 aromatic rings. The zero-order valence-electron chi connectivity index (χ0n) is 12.2. The first-order valence-electron chi connectivity index (χ1n) is 7.22. The standard InChI is InChI=1S/C17H21BrO2/c1-16(2)12-9-13(19)17(16,3)15(14(12)18)20-10-11-7-5-4-6-8-11/h4-8,12,14-15H,9-10H2,1-3H3. The average Bonchev–Trinajstić information content (AvgIpc) is 2.68. The predicted octanol–water partition coefficient (Wildman–Crippen LogP) is 3.97. The molecular weight excluding hydrogens is 316 g/mol. The molecule has 2 aliphatic carbocycles. The topological polar surface area (TPSA) is 26.3 Å². The molecule has 2 bridgehead atoms. The van der Waals surface area contributed by atoms with Crippen molar-refractivity contribution in [1.82, 2.24) is 0 Å². The van der Waals surface area contributed by atoms with Crippen molar-refractivity contribution >= 4 is 21.7 Å². The molecular formula is C17H21BrO2. The van der Waals surface area contributed by atoms with Gasteiger partial charge < -0.3 is 4.74 Å². The minimum Gasteiger partial charge on any atom is -0.371 e. The molecule has 0 heterocycles. The van der Waals surface area contributed by atoms with Crippen LogP contribution in [-0.4, -0.2) is 16.7 Å². The highest BCUT2D eigenvalue weighted by atomic mass is 79.9. The summed E-state index contributed by atoms with van der Waals surface area (Å²) in [5, 5.41) is 0. The van der Waals surface area contributed by atoms with Crippen LogP contribution in [0.15, 0.2) is 30.3 Å². The molecule has 4 unspecified atom stereocenters. The first-order chi connectivity index (χ1) is 9.39. The number of fused-ring (bicyclic) bond motifs is 2. The lowest BCUT2D eigenvalue weighted by Crippen LogP contribution is -2.45. The maximum absolute atomic E-state index is 12.4. The minimum atomic E-state index is -0.374. The summed E-state index contributed by atoms with van der Waals surface area (Å²) in [7, 11) is 0. The van der Waals surface area contributed by atoms with Gasteiger partial charge in [-0.3, -0.25) is 4.79 Å². The highest BCUT2D eigenvalue weighted by molar-refractivity contribution is 9.09. The number of rotatable bonds is 3.